The quantitative estimate of drug-likeness (QED) is 0.179. The van der Waals surface area contributed by atoms with Crippen molar-refractivity contribution in [3.05, 3.63) is 126 Å². The van der Waals surface area contributed by atoms with Gasteiger partial charge in [-0.1, -0.05) is 110 Å². The van der Waals surface area contributed by atoms with E-state index in [1.807, 2.05) is 30.7 Å². The molecular formula is C45H45N4OPt-. The fraction of sp³-hybridized carbons (Fsp3) is 0.267. The third-order valence-electron chi connectivity index (χ3n) is 9.61. The van der Waals surface area contributed by atoms with Crippen LogP contribution in [-0.2, 0) is 37.3 Å². The zero-order valence-electron chi connectivity index (χ0n) is 30.9. The molecule has 0 aliphatic rings. The van der Waals surface area contributed by atoms with Crippen LogP contribution in [0.5, 0.6) is 5.75 Å². The van der Waals surface area contributed by atoms with Crippen molar-refractivity contribution < 1.29 is 26.2 Å². The zero-order valence-corrected chi connectivity index (χ0v) is 33.1. The summed E-state index contributed by atoms with van der Waals surface area (Å²) in [7, 11) is 0. The van der Waals surface area contributed by atoms with Gasteiger partial charge < -0.3 is 9.67 Å². The Morgan fingerprint density at radius 1 is 0.608 bits per heavy atom. The first-order valence-electron chi connectivity index (χ1n) is 17.3. The van der Waals surface area contributed by atoms with E-state index >= 15 is 0 Å². The van der Waals surface area contributed by atoms with Gasteiger partial charge in [-0.05, 0) is 68.7 Å². The summed E-state index contributed by atoms with van der Waals surface area (Å²) in [6.45, 7) is 19.9. The minimum absolute atomic E-state index is 0. The minimum atomic E-state index is -0.0954. The van der Waals surface area contributed by atoms with Crippen LogP contribution in [0.15, 0.2) is 104 Å². The van der Waals surface area contributed by atoms with E-state index in [9.17, 15) is 5.11 Å². The van der Waals surface area contributed by atoms with Gasteiger partial charge in [0, 0.05) is 55.8 Å². The van der Waals surface area contributed by atoms with Crippen LogP contribution in [0.3, 0.4) is 0 Å². The Morgan fingerprint density at radius 3 is 1.94 bits per heavy atom. The molecule has 5 nitrogen and oxygen atoms in total. The van der Waals surface area contributed by atoms with Crippen molar-refractivity contribution in [1.29, 1.82) is 0 Å². The topological polar surface area (TPSA) is 63.8 Å². The van der Waals surface area contributed by atoms with E-state index in [1.165, 1.54) is 11.1 Å². The zero-order chi connectivity index (χ0) is 35.6. The number of phenolic OH excluding ortho intramolecular Hbond substituents is 1. The molecule has 0 fully saturated rings. The summed E-state index contributed by atoms with van der Waals surface area (Å²) >= 11 is 0. The molecule has 0 saturated carbocycles. The van der Waals surface area contributed by atoms with Gasteiger partial charge >= 0.3 is 0 Å². The number of aromatic hydroxyl groups is 1. The van der Waals surface area contributed by atoms with Crippen molar-refractivity contribution in [3.8, 4) is 45.1 Å². The number of imidazole rings is 1. The molecule has 1 N–H and O–H groups in total. The molecule has 3 heterocycles. The SMILES string of the molecule is CC(C)(C)c1ccc(-n2c(-c3[c-]c(-c4cc(C(C)(C)C)cc5cccnc45)ccc3)nc3c(-c4cc(C(C)(C)C)ccc4O)cncc32)cc1.[Pt]. The molecular weight excluding hydrogens is 808 g/mol. The number of aromatic nitrogens is 4. The van der Waals surface area contributed by atoms with Crippen molar-refractivity contribution in [3.63, 3.8) is 0 Å². The summed E-state index contributed by atoms with van der Waals surface area (Å²) < 4.78 is 2.17. The number of benzene rings is 4. The van der Waals surface area contributed by atoms with Crippen LogP contribution >= 0.6 is 0 Å². The second kappa shape index (κ2) is 13.2. The van der Waals surface area contributed by atoms with Crippen LogP contribution < -0.4 is 0 Å². The van der Waals surface area contributed by atoms with E-state index in [0.29, 0.717) is 5.56 Å². The molecule has 0 aliphatic carbocycles. The Hall–Kier alpha value is -4.60. The Bertz CT molecular complexity index is 2390. The molecule has 0 saturated heterocycles. The molecule has 3 aromatic heterocycles. The van der Waals surface area contributed by atoms with Gasteiger partial charge in [-0.3, -0.25) is 15.0 Å². The molecule has 7 rings (SSSR count). The number of phenols is 1. The molecule has 0 atom stereocenters. The Kier molecular flexibility index (Phi) is 9.36. The molecule has 51 heavy (non-hydrogen) atoms. The number of hydrogen-bond acceptors (Lipinski definition) is 4. The monoisotopic (exact) mass is 852 g/mol. The third kappa shape index (κ3) is 6.89. The van der Waals surface area contributed by atoms with Gasteiger partial charge in [0.1, 0.15) is 5.75 Å². The molecule has 6 heteroatoms. The maximum atomic E-state index is 11.2. The standard InChI is InChI=1S/C45H45N4O.Pt/c1-43(2,3)31-15-18-34(19-16-31)49-38-27-46-26-37(36-24-32(44(4,5)6)17-20-39(36)50)41(38)48-42(49)30-13-10-12-28(22-30)35-25-33(45(7,8)9)23-29-14-11-21-47-40(29)35;/h10-21,23-27,50H,1-9H3;/q-1;. The van der Waals surface area contributed by atoms with Gasteiger partial charge in [-0.15, -0.1) is 29.8 Å². The third-order valence-corrected chi connectivity index (χ3v) is 9.61. The van der Waals surface area contributed by atoms with Crippen LogP contribution in [0.4, 0.5) is 0 Å². The number of nitrogens with zero attached hydrogens (tertiary/aromatic N) is 4. The fourth-order valence-corrected chi connectivity index (χ4v) is 6.55. The average molecular weight is 853 g/mol. The smallest absolute Gasteiger partial charge is 0.123 e. The molecule has 0 amide bonds. The summed E-state index contributed by atoms with van der Waals surface area (Å²) in [5, 5.41) is 12.3. The molecule has 0 unspecified atom stereocenters. The van der Waals surface area contributed by atoms with Crippen LogP contribution in [0.1, 0.15) is 79.0 Å². The summed E-state index contributed by atoms with van der Waals surface area (Å²) in [5.41, 5.74) is 11.4. The summed E-state index contributed by atoms with van der Waals surface area (Å²) in [6.07, 6.45) is 5.53. The summed E-state index contributed by atoms with van der Waals surface area (Å²) in [6, 6.07) is 33.2. The first-order chi connectivity index (χ1) is 23.6. The van der Waals surface area contributed by atoms with E-state index in [2.05, 4.69) is 140 Å². The van der Waals surface area contributed by atoms with Crippen molar-refractivity contribution in [2.24, 2.45) is 0 Å². The first-order valence-corrected chi connectivity index (χ1v) is 17.3. The fourth-order valence-electron chi connectivity index (χ4n) is 6.55. The number of rotatable bonds is 4. The molecule has 0 spiro atoms. The van der Waals surface area contributed by atoms with Gasteiger partial charge in [-0.25, -0.2) is 0 Å². The maximum absolute atomic E-state index is 11.2. The maximum Gasteiger partial charge on any atom is 0.123 e. The Balaban J connectivity index is 0.00000448. The van der Waals surface area contributed by atoms with Crippen molar-refractivity contribution >= 4 is 21.9 Å². The van der Waals surface area contributed by atoms with E-state index in [1.54, 1.807) is 6.07 Å². The van der Waals surface area contributed by atoms with Crippen molar-refractivity contribution in [2.45, 2.75) is 78.6 Å². The number of hydrogen-bond donors (Lipinski definition) is 1. The van der Waals surface area contributed by atoms with Crippen molar-refractivity contribution in [1.82, 2.24) is 19.5 Å². The molecule has 7 aromatic rings. The Labute approximate surface area is 316 Å². The predicted molar refractivity (Wildman–Crippen MR) is 207 cm³/mol. The predicted octanol–water partition coefficient (Wildman–Crippen LogP) is 11.4. The molecule has 0 radical (unpaired) electrons. The van der Waals surface area contributed by atoms with Crippen molar-refractivity contribution in [2.75, 3.05) is 0 Å². The number of pyridine rings is 2. The van der Waals surface area contributed by atoms with Gasteiger partial charge in [0.25, 0.3) is 0 Å². The molecule has 0 bridgehead atoms. The van der Waals surface area contributed by atoms with Gasteiger partial charge in [0.15, 0.2) is 0 Å². The largest absolute Gasteiger partial charge is 0.507 e. The van der Waals surface area contributed by atoms with Gasteiger partial charge in [0.2, 0.25) is 0 Å². The summed E-state index contributed by atoms with van der Waals surface area (Å²) in [4.78, 5) is 14.9. The normalized spacial score (nSPS) is 12.3. The second-order valence-corrected chi connectivity index (χ2v) is 16.4. The van der Waals surface area contributed by atoms with Crippen LogP contribution in [0.25, 0.3) is 61.3 Å². The first kappa shape index (κ1) is 36.2. The minimum Gasteiger partial charge on any atom is -0.507 e. The van der Waals surface area contributed by atoms with Crippen LogP contribution in [0, 0.1) is 6.07 Å². The molecule has 4 aromatic carbocycles. The molecule has 262 valence electrons. The number of fused-ring (bicyclic) bond motifs is 2. The van der Waals surface area contributed by atoms with Gasteiger partial charge in [0.05, 0.1) is 23.1 Å². The van der Waals surface area contributed by atoms with E-state index in [4.69, 9.17) is 15.0 Å². The average Bonchev–Trinajstić information content (AvgIpc) is 3.47. The Morgan fingerprint density at radius 2 is 1.25 bits per heavy atom. The van der Waals surface area contributed by atoms with Gasteiger partial charge in [-0.2, -0.15) is 0 Å². The van der Waals surface area contributed by atoms with E-state index < -0.39 is 0 Å². The molecule has 0 aliphatic heterocycles. The second-order valence-electron chi connectivity index (χ2n) is 16.4. The van der Waals surface area contributed by atoms with E-state index in [-0.39, 0.29) is 43.1 Å². The van der Waals surface area contributed by atoms with Crippen LogP contribution in [0.2, 0.25) is 0 Å². The van der Waals surface area contributed by atoms with E-state index in [0.717, 1.165) is 61.3 Å². The summed E-state index contributed by atoms with van der Waals surface area (Å²) in [5.74, 6) is 0.944. The van der Waals surface area contributed by atoms with Crippen LogP contribution in [-0.4, -0.2) is 24.6 Å².